The van der Waals surface area contributed by atoms with Gasteiger partial charge in [0.05, 0.1) is 26.4 Å². The van der Waals surface area contributed by atoms with Crippen LogP contribution >= 0.6 is 0 Å². The molecule has 0 aliphatic rings. The SMILES string of the molecule is C=CCOCC=C.C=CCOCC=C.O=S(=O)(F)F.O=S(=O)(F)F. The molecule has 12 heteroatoms. The zero-order valence-electron chi connectivity index (χ0n) is 12.7. The summed E-state index contributed by atoms with van der Waals surface area (Å²) < 4.78 is 83.0. The summed E-state index contributed by atoms with van der Waals surface area (Å²) in [4.78, 5) is 0. The average Bonchev–Trinajstić information content (AvgIpc) is 2.37. The predicted molar refractivity (Wildman–Crippen MR) is 84.7 cm³/mol. The predicted octanol–water partition coefficient (Wildman–Crippen LogP) is 3.09. The van der Waals surface area contributed by atoms with Crippen molar-refractivity contribution in [2.45, 2.75) is 0 Å². The molecule has 0 amide bonds. The van der Waals surface area contributed by atoms with Crippen LogP contribution in [0.5, 0.6) is 0 Å². The smallest absolute Gasteiger partial charge is 0.373 e. The van der Waals surface area contributed by atoms with Crippen molar-refractivity contribution in [2.24, 2.45) is 0 Å². The van der Waals surface area contributed by atoms with Gasteiger partial charge in [0.15, 0.2) is 0 Å². The Morgan fingerprint density at radius 2 is 0.708 bits per heavy atom. The summed E-state index contributed by atoms with van der Waals surface area (Å²) in [6, 6.07) is 0. The summed E-state index contributed by atoms with van der Waals surface area (Å²) in [6.07, 6.45) is 6.85. The minimum absolute atomic E-state index is 0.617. The third-order valence-electron chi connectivity index (χ3n) is 0.943. The first kappa shape index (κ1) is 30.4. The molecule has 144 valence electrons. The molecule has 0 spiro atoms. The van der Waals surface area contributed by atoms with Crippen molar-refractivity contribution in [1.29, 1.82) is 0 Å². The summed E-state index contributed by atoms with van der Waals surface area (Å²) in [6.45, 7) is 16.4. The lowest BCUT2D eigenvalue weighted by atomic mass is 10.6. The Hall–Kier alpha value is -1.50. The quantitative estimate of drug-likeness (QED) is 0.269. The van der Waals surface area contributed by atoms with Crippen LogP contribution in [0.1, 0.15) is 0 Å². The van der Waals surface area contributed by atoms with E-state index in [1.165, 1.54) is 0 Å². The molecule has 0 saturated heterocycles. The van der Waals surface area contributed by atoms with Gasteiger partial charge in [0.25, 0.3) is 0 Å². The van der Waals surface area contributed by atoms with Crippen LogP contribution in [0, 0.1) is 0 Å². The van der Waals surface area contributed by atoms with Crippen molar-refractivity contribution >= 4 is 21.2 Å². The Labute approximate surface area is 140 Å². The highest BCUT2D eigenvalue weighted by Gasteiger charge is 1.95. The molecular formula is C12H20F4O6S2. The highest BCUT2D eigenvalue weighted by atomic mass is 32.3. The second-order valence-corrected chi connectivity index (χ2v) is 4.50. The van der Waals surface area contributed by atoms with Gasteiger partial charge in [0, 0.05) is 0 Å². The Bertz CT molecular complexity index is 438. The van der Waals surface area contributed by atoms with Crippen molar-refractivity contribution in [2.75, 3.05) is 26.4 Å². The minimum Gasteiger partial charge on any atom is -0.373 e. The van der Waals surface area contributed by atoms with Gasteiger partial charge in [0.1, 0.15) is 0 Å². The van der Waals surface area contributed by atoms with E-state index < -0.39 is 21.2 Å². The Kier molecular flexibility index (Phi) is 27.2. The van der Waals surface area contributed by atoms with Crippen molar-refractivity contribution in [3.63, 3.8) is 0 Å². The third-order valence-corrected chi connectivity index (χ3v) is 0.943. The first-order chi connectivity index (χ1) is 10.8. The molecule has 0 rings (SSSR count). The second kappa shape index (κ2) is 21.5. The maximum atomic E-state index is 9.99. The molecule has 0 fully saturated rings. The first-order valence-electron chi connectivity index (χ1n) is 5.70. The molecule has 6 nitrogen and oxygen atoms in total. The maximum Gasteiger partial charge on any atom is 0.476 e. The molecule has 0 bridgehead atoms. The van der Waals surface area contributed by atoms with Crippen molar-refractivity contribution in [1.82, 2.24) is 0 Å². The van der Waals surface area contributed by atoms with E-state index in [4.69, 9.17) is 26.3 Å². The summed E-state index contributed by atoms with van der Waals surface area (Å²) in [5, 5.41) is 0. The van der Waals surface area contributed by atoms with Crippen molar-refractivity contribution < 1.29 is 41.9 Å². The fraction of sp³-hybridized carbons (Fsp3) is 0.333. The van der Waals surface area contributed by atoms with E-state index in [0.717, 1.165) is 0 Å². The van der Waals surface area contributed by atoms with Gasteiger partial charge < -0.3 is 9.47 Å². The maximum absolute atomic E-state index is 9.99. The summed E-state index contributed by atoms with van der Waals surface area (Å²) in [7, 11) is -11.3. The van der Waals surface area contributed by atoms with Gasteiger partial charge in [-0.05, 0) is 0 Å². The lowest BCUT2D eigenvalue weighted by Crippen LogP contribution is -1.87. The highest BCUT2D eigenvalue weighted by Crippen LogP contribution is 1.86. The lowest BCUT2D eigenvalue weighted by Gasteiger charge is -1.89. The highest BCUT2D eigenvalue weighted by molar-refractivity contribution is 7.81. The van der Waals surface area contributed by atoms with E-state index >= 15 is 0 Å². The van der Waals surface area contributed by atoms with Gasteiger partial charge in [0.2, 0.25) is 0 Å². The van der Waals surface area contributed by atoms with Crippen LogP contribution in [0.25, 0.3) is 0 Å². The van der Waals surface area contributed by atoms with Crippen molar-refractivity contribution in [3.05, 3.63) is 50.6 Å². The van der Waals surface area contributed by atoms with Crippen LogP contribution in [-0.2, 0) is 30.7 Å². The summed E-state index contributed by atoms with van der Waals surface area (Å²) >= 11 is 0. The van der Waals surface area contributed by atoms with Crippen LogP contribution in [-0.4, -0.2) is 43.3 Å². The molecule has 0 aliphatic carbocycles. The summed E-state index contributed by atoms with van der Waals surface area (Å²) in [5.41, 5.74) is 0. The minimum atomic E-state index is -5.67. The first-order valence-corrected chi connectivity index (χ1v) is 8.27. The molecule has 0 unspecified atom stereocenters. The largest absolute Gasteiger partial charge is 0.476 e. The number of halogens is 4. The van der Waals surface area contributed by atoms with Gasteiger partial charge in [-0.25, -0.2) is 0 Å². The van der Waals surface area contributed by atoms with E-state index in [9.17, 15) is 15.5 Å². The van der Waals surface area contributed by atoms with E-state index in [1.54, 1.807) is 24.3 Å². The van der Waals surface area contributed by atoms with Gasteiger partial charge in [-0.1, -0.05) is 39.8 Å². The molecule has 24 heavy (non-hydrogen) atoms. The Balaban J connectivity index is -0.000000113. The van der Waals surface area contributed by atoms with Crippen LogP contribution in [0.15, 0.2) is 50.6 Å². The average molecular weight is 400 g/mol. The van der Waals surface area contributed by atoms with Crippen LogP contribution in [0.2, 0.25) is 0 Å². The number of ether oxygens (including phenoxy) is 2. The van der Waals surface area contributed by atoms with E-state index in [0.29, 0.717) is 26.4 Å². The topological polar surface area (TPSA) is 86.7 Å². The molecular weight excluding hydrogens is 380 g/mol. The molecule has 0 radical (unpaired) electrons. The van der Waals surface area contributed by atoms with Gasteiger partial charge in [-0.2, -0.15) is 16.8 Å². The molecule has 0 aliphatic heterocycles. The van der Waals surface area contributed by atoms with Crippen LogP contribution in [0.3, 0.4) is 0 Å². The molecule has 0 N–H and O–H groups in total. The second-order valence-electron chi connectivity index (χ2n) is 2.99. The fourth-order valence-electron chi connectivity index (χ4n) is 0.469. The standard InChI is InChI=1S/2C6H10O.2F2O2S/c2*1-3-5-7-6-4-2;2*1-5(2,3)4/h2*3-4H,1-2,5-6H2;;. The molecule has 0 aromatic rings. The van der Waals surface area contributed by atoms with Gasteiger partial charge in [-0.15, -0.1) is 26.3 Å². The van der Waals surface area contributed by atoms with Crippen LogP contribution < -0.4 is 0 Å². The van der Waals surface area contributed by atoms with E-state index in [-0.39, 0.29) is 0 Å². The fourth-order valence-corrected chi connectivity index (χ4v) is 0.469. The van der Waals surface area contributed by atoms with Gasteiger partial charge >= 0.3 is 21.2 Å². The lowest BCUT2D eigenvalue weighted by molar-refractivity contribution is 0.194. The zero-order chi connectivity index (χ0) is 20.1. The van der Waals surface area contributed by atoms with Gasteiger partial charge in [-0.3, -0.25) is 0 Å². The molecule has 0 aromatic carbocycles. The zero-order valence-corrected chi connectivity index (χ0v) is 14.4. The molecule has 0 saturated carbocycles. The monoisotopic (exact) mass is 400 g/mol. The normalized spacial score (nSPS) is 9.50. The third kappa shape index (κ3) is 184. The Morgan fingerprint density at radius 1 is 0.583 bits per heavy atom. The van der Waals surface area contributed by atoms with Crippen LogP contribution in [0.4, 0.5) is 15.5 Å². The molecule has 0 atom stereocenters. The summed E-state index contributed by atoms with van der Waals surface area (Å²) in [5.74, 6) is 0. The van der Waals surface area contributed by atoms with Crippen molar-refractivity contribution in [3.8, 4) is 0 Å². The number of hydrogen-bond acceptors (Lipinski definition) is 6. The molecule has 0 heterocycles. The number of hydrogen-bond donors (Lipinski definition) is 0. The molecule has 0 aromatic heterocycles. The Morgan fingerprint density at radius 3 is 0.792 bits per heavy atom. The van der Waals surface area contributed by atoms with E-state index in [2.05, 4.69) is 26.3 Å². The number of rotatable bonds is 8. The van der Waals surface area contributed by atoms with E-state index in [1.807, 2.05) is 0 Å².